The molecule has 0 spiro atoms. The second-order valence-electron chi connectivity index (χ2n) is 7.14. The first-order valence-electron chi connectivity index (χ1n) is 8.70. The topological polar surface area (TPSA) is 76.0 Å². The molecule has 5 heteroatoms. The molecular formula is C21H24O5. The van der Waals surface area contributed by atoms with Gasteiger partial charge in [0.2, 0.25) is 0 Å². The maximum atomic E-state index is 12.0. The fraction of sp³-hybridized carbons (Fsp3) is 0.381. The highest BCUT2D eigenvalue weighted by molar-refractivity contribution is 5.94. The van der Waals surface area contributed by atoms with E-state index in [1.165, 1.54) is 0 Å². The summed E-state index contributed by atoms with van der Waals surface area (Å²) in [6, 6.07) is 11.7. The molecule has 1 atom stereocenters. The van der Waals surface area contributed by atoms with Crippen LogP contribution >= 0.6 is 0 Å². The zero-order valence-electron chi connectivity index (χ0n) is 15.3. The largest absolute Gasteiger partial charge is 0.496 e. The van der Waals surface area contributed by atoms with Gasteiger partial charge in [-0.1, -0.05) is 30.3 Å². The lowest BCUT2D eigenvalue weighted by molar-refractivity contribution is -0.0423. The fourth-order valence-electron chi connectivity index (χ4n) is 3.34. The molecule has 1 unspecified atom stereocenters. The highest BCUT2D eigenvalue weighted by Crippen LogP contribution is 2.43. The maximum Gasteiger partial charge on any atom is 0.339 e. The standard InChI is InChI=1S/C21H24O5/c1-21(2)17(22)12-15-16(25-3)11-14(18(20(23)24)19(15)26-21)10-9-13-7-5-4-6-8-13/h4-8,11,17,22H,9-10,12H2,1-3H3,(H,23,24). The van der Waals surface area contributed by atoms with E-state index in [1.54, 1.807) is 27.0 Å². The number of hydrogen-bond acceptors (Lipinski definition) is 4. The molecule has 0 aliphatic carbocycles. The Balaban J connectivity index is 2.06. The molecule has 0 saturated carbocycles. The molecular weight excluding hydrogens is 332 g/mol. The van der Waals surface area contributed by atoms with Crippen molar-refractivity contribution in [3.8, 4) is 11.5 Å². The van der Waals surface area contributed by atoms with Gasteiger partial charge in [0.05, 0.1) is 13.2 Å². The predicted molar refractivity (Wildman–Crippen MR) is 98.2 cm³/mol. The molecule has 0 amide bonds. The van der Waals surface area contributed by atoms with Crippen molar-refractivity contribution in [1.29, 1.82) is 0 Å². The Morgan fingerprint density at radius 2 is 1.96 bits per heavy atom. The molecule has 26 heavy (non-hydrogen) atoms. The SMILES string of the molecule is COc1cc(CCc2ccccc2)c(C(=O)O)c2c1CC(O)C(C)(C)O2. The Kier molecular flexibility index (Phi) is 4.92. The van der Waals surface area contributed by atoms with E-state index in [0.717, 1.165) is 12.0 Å². The monoisotopic (exact) mass is 356 g/mol. The number of aliphatic hydroxyl groups excluding tert-OH is 1. The van der Waals surface area contributed by atoms with Crippen LogP contribution in [0.5, 0.6) is 11.5 Å². The number of aryl methyl sites for hydroxylation is 2. The van der Waals surface area contributed by atoms with E-state index >= 15 is 0 Å². The van der Waals surface area contributed by atoms with Gasteiger partial charge in [-0.15, -0.1) is 0 Å². The lowest BCUT2D eigenvalue weighted by atomic mass is 9.87. The van der Waals surface area contributed by atoms with Crippen molar-refractivity contribution in [1.82, 2.24) is 0 Å². The second-order valence-corrected chi connectivity index (χ2v) is 7.14. The third-order valence-electron chi connectivity index (χ3n) is 4.95. The van der Waals surface area contributed by atoms with Crippen LogP contribution in [0, 0.1) is 0 Å². The molecule has 0 fully saturated rings. The summed E-state index contributed by atoms with van der Waals surface area (Å²) in [4.78, 5) is 12.0. The third-order valence-corrected chi connectivity index (χ3v) is 4.95. The van der Waals surface area contributed by atoms with E-state index in [9.17, 15) is 15.0 Å². The van der Waals surface area contributed by atoms with Gasteiger partial charge in [-0.2, -0.15) is 0 Å². The molecule has 2 aromatic carbocycles. The highest BCUT2D eigenvalue weighted by atomic mass is 16.5. The van der Waals surface area contributed by atoms with Crippen molar-refractivity contribution in [3.63, 3.8) is 0 Å². The molecule has 3 rings (SSSR count). The summed E-state index contributed by atoms with van der Waals surface area (Å²) < 4.78 is 11.4. The number of aliphatic hydroxyl groups is 1. The van der Waals surface area contributed by atoms with Gasteiger partial charge in [0, 0.05) is 12.0 Å². The van der Waals surface area contributed by atoms with Crippen LogP contribution < -0.4 is 9.47 Å². The number of carbonyl (C=O) groups is 1. The van der Waals surface area contributed by atoms with Gasteiger partial charge in [0.1, 0.15) is 22.7 Å². The molecule has 138 valence electrons. The summed E-state index contributed by atoms with van der Waals surface area (Å²) in [6.45, 7) is 3.52. The molecule has 0 bridgehead atoms. The van der Waals surface area contributed by atoms with Gasteiger partial charge in [0.15, 0.2) is 0 Å². The summed E-state index contributed by atoms with van der Waals surface area (Å²) in [5.41, 5.74) is 1.72. The number of ether oxygens (including phenoxy) is 2. The first kappa shape index (κ1) is 18.3. The molecule has 1 heterocycles. The number of hydrogen-bond donors (Lipinski definition) is 2. The highest BCUT2D eigenvalue weighted by Gasteiger charge is 2.40. The molecule has 1 aliphatic rings. The van der Waals surface area contributed by atoms with Crippen LogP contribution in [0.1, 0.15) is 40.9 Å². The van der Waals surface area contributed by atoms with E-state index in [2.05, 4.69) is 0 Å². The predicted octanol–water partition coefficient (Wildman–Crippen LogP) is 3.25. The minimum atomic E-state index is -1.03. The van der Waals surface area contributed by atoms with E-state index in [-0.39, 0.29) is 5.56 Å². The number of carboxylic acids is 1. The molecule has 0 saturated heterocycles. The number of aromatic carboxylic acids is 1. The Bertz CT molecular complexity index is 811. The van der Waals surface area contributed by atoms with E-state index in [4.69, 9.17) is 9.47 Å². The second kappa shape index (κ2) is 7.00. The van der Waals surface area contributed by atoms with Gasteiger partial charge in [-0.25, -0.2) is 4.79 Å². The number of fused-ring (bicyclic) bond motifs is 1. The Morgan fingerprint density at radius 1 is 1.27 bits per heavy atom. The summed E-state index contributed by atoms with van der Waals surface area (Å²) >= 11 is 0. The van der Waals surface area contributed by atoms with E-state index < -0.39 is 17.7 Å². The van der Waals surface area contributed by atoms with Crippen LogP contribution in [0.2, 0.25) is 0 Å². The van der Waals surface area contributed by atoms with Gasteiger partial charge in [-0.05, 0) is 43.9 Å². The van der Waals surface area contributed by atoms with Crippen molar-refractivity contribution < 1.29 is 24.5 Å². The maximum absolute atomic E-state index is 12.0. The first-order chi connectivity index (χ1) is 12.3. The smallest absolute Gasteiger partial charge is 0.339 e. The Morgan fingerprint density at radius 3 is 2.58 bits per heavy atom. The van der Waals surface area contributed by atoms with Crippen LogP contribution in [0.15, 0.2) is 36.4 Å². The molecule has 2 N–H and O–H groups in total. The zero-order chi connectivity index (χ0) is 18.9. The van der Waals surface area contributed by atoms with E-state index in [1.807, 2.05) is 30.3 Å². The Hall–Kier alpha value is -2.53. The van der Waals surface area contributed by atoms with Crippen molar-refractivity contribution in [3.05, 3.63) is 58.7 Å². The van der Waals surface area contributed by atoms with Crippen molar-refractivity contribution in [2.24, 2.45) is 0 Å². The van der Waals surface area contributed by atoms with Gasteiger partial charge in [0.25, 0.3) is 0 Å². The molecule has 1 aliphatic heterocycles. The van der Waals surface area contributed by atoms with Crippen molar-refractivity contribution >= 4 is 5.97 Å². The average molecular weight is 356 g/mol. The Labute approximate surface area is 153 Å². The number of benzene rings is 2. The molecule has 5 nitrogen and oxygen atoms in total. The quantitative estimate of drug-likeness (QED) is 0.860. The lowest BCUT2D eigenvalue weighted by Crippen LogP contribution is -2.47. The minimum absolute atomic E-state index is 0.164. The van der Waals surface area contributed by atoms with Crippen molar-refractivity contribution in [2.45, 2.75) is 44.8 Å². The third kappa shape index (κ3) is 3.40. The number of rotatable bonds is 5. The summed E-state index contributed by atoms with van der Waals surface area (Å²) in [7, 11) is 1.54. The number of carboxylic acid groups (broad SMARTS) is 1. The fourth-order valence-corrected chi connectivity index (χ4v) is 3.34. The van der Waals surface area contributed by atoms with Crippen LogP contribution in [0.3, 0.4) is 0 Å². The average Bonchev–Trinajstić information content (AvgIpc) is 2.60. The molecule has 2 aromatic rings. The van der Waals surface area contributed by atoms with Crippen molar-refractivity contribution in [2.75, 3.05) is 7.11 Å². The lowest BCUT2D eigenvalue weighted by Gasteiger charge is -2.38. The van der Waals surface area contributed by atoms with E-state index in [0.29, 0.717) is 35.5 Å². The van der Waals surface area contributed by atoms with Crippen LogP contribution in [-0.2, 0) is 19.3 Å². The summed E-state index contributed by atoms with van der Waals surface area (Å²) in [6.07, 6.45) is 0.835. The molecule has 0 radical (unpaired) electrons. The van der Waals surface area contributed by atoms with Gasteiger partial charge < -0.3 is 19.7 Å². The normalized spacial score (nSPS) is 17.9. The minimum Gasteiger partial charge on any atom is -0.496 e. The van der Waals surface area contributed by atoms with Crippen LogP contribution in [0.25, 0.3) is 0 Å². The van der Waals surface area contributed by atoms with Crippen LogP contribution in [0.4, 0.5) is 0 Å². The van der Waals surface area contributed by atoms with Gasteiger partial charge >= 0.3 is 5.97 Å². The summed E-state index contributed by atoms with van der Waals surface area (Å²) in [5, 5.41) is 20.2. The van der Waals surface area contributed by atoms with Crippen LogP contribution in [-0.4, -0.2) is 35.0 Å². The van der Waals surface area contributed by atoms with Gasteiger partial charge in [-0.3, -0.25) is 0 Å². The molecule has 0 aromatic heterocycles. The zero-order valence-corrected chi connectivity index (χ0v) is 15.3. The first-order valence-corrected chi connectivity index (χ1v) is 8.70. The summed E-state index contributed by atoms with van der Waals surface area (Å²) in [5.74, 6) is -0.156. The number of methoxy groups -OCH3 is 1.